The molecule has 0 saturated carbocycles. The lowest BCUT2D eigenvalue weighted by atomic mass is 9.90. The average molecular weight is 157 g/mol. The van der Waals surface area contributed by atoms with Gasteiger partial charge in [0.15, 0.2) is 0 Å². The van der Waals surface area contributed by atoms with Gasteiger partial charge in [-0.2, -0.15) is 0 Å². The smallest absolute Gasteiger partial charge is 0.320 e. The Bertz CT molecular complexity index is 150. The predicted molar refractivity (Wildman–Crippen MR) is 42.4 cm³/mol. The molecule has 0 amide bonds. The summed E-state index contributed by atoms with van der Waals surface area (Å²) >= 11 is 0. The Morgan fingerprint density at radius 2 is 2.27 bits per heavy atom. The maximum atomic E-state index is 10.4. The Balaban J connectivity index is 2.14. The standard InChI is InChI=1S/C8H15NO2/c1-5(2)3-6-4-7(9-6)8(10)11/h5-7,9H,3-4H2,1-2H3,(H,10,11). The number of carboxylic acids is 1. The summed E-state index contributed by atoms with van der Waals surface area (Å²) in [5.74, 6) is -0.0627. The first-order valence-corrected chi connectivity index (χ1v) is 4.08. The molecular formula is C8H15NO2. The van der Waals surface area contributed by atoms with Gasteiger partial charge in [-0.05, 0) is 18.8 Å². The summed E-state index contributed by atoms with van der Waals surface area (Å²) in [7, 11) is 0. The maximum absolute atomic E-state index is 10.4. The van der Waals surface area contributed by atoms with E-state index in [9.17, 15) is 4.79 Å². The SMILES string of the molecule is CC(C)CC1CC(C(=O)O)N1. The highest BCUT2D eigenvalue weighted by atomic mass is 16.4. The van der Waals surface area contributed by atoms with Crippen molar-refractivity contribution in [2.75, 3.05) is 0 Å². The highest BCUT2D eigenvalue weighted by Gasteiger charge is 2.33. The van der Waals surface area contributed by atoms with Crippen molar-refractivity contribution >= 4 is 5.97 Å². The summed E-state index contributed by atoms with van der Waals surface area (Å²) in [6.07, 6.45) is 1.89. The van der Waals surface area contributed by atoms with E-state index in [2.05, 4.69) is 19.2 Å². The van der Waals surface area contributed by atoms with Crippen molar-refractivity contribution in [1.29, 1.82) is 0 Å². The largest absolute Gasteiger partial charge is 0.480 e. The Hall–Kier alpha value is -0.570. The van der Waals surface area contributed by atoms with Crippen molar-refractivity contribution in [1.82, 2.24) is 5.32 Å². The quantitative estimate of drug-likeness (QED) is 0.638. The number of hydrogen-bond donors (Lipinski definition) is 2. The molecule has 0 aliphatic carbocycles. The van der Waals surface area contributed by atoms with E-state index >= 15 is 0 Å². The van der Waals surface area contributed by atoms with Crippen LogP contribution >= 0.6 is 0 Å². The van der Waals surface area contributed by atoms with Crippen molar-refractivity contribution in [2.45, 2.75) is 38.8 Å². The first-order valence-electron chi connectivity index (χ1n) is 4.08. The van der Waals surface area contributed by atoms with E-state index in [0.717, 1.165) is 12.8 Å². The van der Waals surface area contributed by atoms with Crippen molar-refractivity contribution < 1.29 is 9.90 Å². The monoisotopic (exact) mass is 157 g/mol. The van der Waals surface area contributed by atoms with E-state index in [1.54, 1.807) is 0 Å². The molecule has 0 radical (unpaired) electrons. The van der Waals surface area contributed by atoms with E-state index in [1.165, 1.54) is 0 Å². The van der Waals surface area contributed by atoms with Gasteiger partial charge in [-0.25, -0.2) is 0 Å². The number of aliphatic carboxylic acids is 1. The third-order valence-electron chi connectivity index (χ3n) is 2.01. The van der Waals surface area contributed by atoms with Crippen LogP contribution in [-0.2, 0) is 4.79 Å². The molecule has 1 fully saturated rings. The van der Waals surface area contributed by atoms with Gasteiger partial charge in [0.05, 0.1) is 0 Å². The topological polar surface area (TPSA) is 49.3 Å². The zero-order valence-corrected chi connectivity index (χ0v) is 7.00. The van der Waals surface area contributed by atoms with E-state index in [-0.39, 0.29) is 6.04 Å². The van der Waals surface area contributed by atoms with Gasteiger partial charge in [0, 0.05) is 6.04 Å². The number of rotatable bonds is 3. The van der Waals surface area contributed by atoms with E-state index in [0.29, 0.717) is 12.0 Å². The molecule has 2 unspecified atom stereocenters. The van der Waals surface area contributed by atoms with Gasteiger partial charge in [-0.15, -0.1) is 0 Å². The van der Waals surface area contributed by atoms with Crippen LogP contribution in [0.2, 0.25) is 0 Å². The molecule has 1 rings (SSSR count). The number of carbonyl (C=O) groups is 1. The lowest BCUT2D eigenvalue weighted by Crippen LogP contribution is -2.56. The highest BCUT2D eigenvalue weighted by Crippen LogP contribution is 2.18. The normalized spacial score (nSPS) is 30.1. The van der Waals surface area contributed by atoms with Crippen LogP contribution in [0.4, 0.5) is 0 Å². The fraction of sp³-hybridized carbons (Fsp3) is 0.875. The van der Waals surface area contributed by atoms with Gasteiger partial charge in [0.1, 0.15) is 6.04 Å². The second-order valence-electron chi connectivity index (χ2n) is 3.62. The molecule has 0 bridgehead atoms. The molecule has 0 spiro atoms. The molecule has 64 valence electrons. The van der Waals surface area contributed by atoms with Gasteiger partial charge < -0.3 is 10.4 Å². The molecule has 3 heteroatoms. The second kappa shape index (κ2) is 3.22. The summed E-state index contributed by atoms with van der Waals surface area (Å²) in [6, 6.07) is 0.162. The lowest BCUT2D eigenvalue weighted by molar-refractivity contribution is -0.142. The van der Waals surface area contributed by atoms with Crippen LogP contribution in [0.15, 0.2) is 0 Å². The minimum absolute atomic E-state index is 0.279. The zero-order chi connectivity index (χ0) is 8.43. The van der Waals surface area contributed by atoms with Crippen molar-refractivity contribution in [3.05, 3.63) is 0 Å². The van der Waals surface area contributed by atoms with Crippen LogP contribution in [0.25, 0.3) is 0 Å². The molecule has 1 aliphatic heterocycles. The summed E-state index contributed by atoms with van der Waals surface area (Å²) in [4.78, 5) is 10.4. The Morgan fingerprint density at radius 1 is 1.73 bits per heavy atom. The molecule has 3 nitrogen and oxygen atoms in total. The molecule has 0 aromatic rings. The van der Waals surface area contributed by atoms with E-state index in [1.807, 2.05) is 0 Å². The van der Waals surface area contributed by atoms with Crippen LogP contribution in [0, 0.1) is 5.92 Å². The molecule has 2 N–H and O–H groups in total. The Labute approximate surface area is 66.8 Å². The van der Waals surface area contributed by atoms with Gasteiger partial charge in [-0.1, -0.05) is 13.8 Å². The third-order valence-corrected chi connectivity index (χ3v) is 2.01. The predicted octanol–water partition coefficient (Wildman–Crippen LogP) is 0.848. The van der Waals surface area contributed by atoms with Crippen LogP contribution in [-0.4, -0.2) is 23.2 Å². The van der Waals surface area contributed by atoms with Crippen LogP contribution in [0.1, 0.15) is 26.7 Å². The molecular weight excluding hydrogens is 142 g/mol. The van der Waals surface area contributed by atoms with E-state index in [4.69, 9.17) is 5.11 Å². The van der Waals surface area contributed by atoms with Gasteiger partial charge in [0.25, 0.3) is 0 Å². The number of nitrogens with one attached hydrogen (secondary N) is 1. The van der Waals surface area contributed by atoms with Crippen LogP contribution in [0.5, 0.6) is 0 Å². The summed E-state index contributed by atoms with van der Waals surface area (Å²) in [6.45, 7) is 4.30. The van der Waals surface area contributed by atoms with Gasteiger partial charge in [0.2, 0.25) is 0 Å². The minimum Gasteiger partial charge on any atom is -0.480 e. The molecule has 11 heavy (non-hydrogen) atoms. The van der Waals surface area contributed by atoms with Crippen LogP contribution < -0.4 is 5.32 Å². The average Bonchev–Trinajstić information content (AvgIpc) is 1.75. The number of hydrogen-bond acceptors (Lipinski definition) is 2. The second-order valence-corrected chi connectivity index (χ2v) is 3.62. The first kappa shape index (κ1) is 8.53. The van der Waals surface area contributed by atoms with E-state index < -0.39 is 5.97 Å². The van der Waals surface area contributed by atoms with Crippen LogP contribution in [0.3, 0.4) is 0 Å². The molecule has 1 heterocycles. The van der Waals surface area contributed by atoms with Crippen molar-refractivity contribution in [3.63, 3.8) is 0 Å². The van der Waals surface area contributed by atoms with Gasteiger partial charge in [-0.3, -0.25) is 4.79 Å². The fourth-order valence-corrected chi connectivity index (χ4v) is 1.45. The summed E-state index contributed by atoms with van der Waals surface area (Å²) in [5, 5.41) is 11.5. The molecule has 1 saturated heterocycles. The Morgan fingerprint density at radius 3 is 2.64 bits per heavy atom. The van der Waals surface area contributed by atoms with Crippen molar-refractivity contribution in [2.24, 2.45) is 5.92 Å². The maximum Gasteiger partial charge on any atom is 0.320 e. The third kappa shape index (κ3) is 2.19. The summed E-state index contributed by atoms with van der Waals surface area (Å²) in [5.41, 5.74) is 0. The fourth-order valence-electron chi connectivity index (χ4n) is 1.45. The highest BCUT2D eigenvalue weighted by molar-refractivity contribution is 5.74. The zero-order valence-electron chi connectivity index (χ0n) is 7.00. The number of carboxylic acid groups (broad SMARTS) is 1. The minimum atomic E-state index is -0.718. The van der Waals surface area contributed by atoms with Crippen molar-refractivity contribution in [3.8, 4) is 0 Å². The molecule has 0 aromatic heterocycles. The molecule has 0 aromatic carbocycles. The lowest BCUT2D eigenvalue weighted by Gasteiger charge is -2.35. The first-order chi connectivity index (χ1) is 5.09. The van der Waals surface area contributed by atoms with Gasteiger partial charge >= 0.3 is 5.97 Å². The Kier molecular flexibility index (Phi) is 2.49. The summed E-state index contributed by atoms with van der Waals surface area (Å²) < 4.78 is 0. The molecule has 2 atom stereocenters. The molecule has 1 aliphatic rings.